The molecule has 0 aromatic heterocycles. The molecule has 1 unspecified atom stereocenters. The van der Waals surface area contributed by atoms with Crippen LogP contribution >= 0.6 is 0 Å². The summed E-state index contributed by atoms with van der Waals surface area (Å²) in [6, 6.07) is 5.71. The van der Waals surface area contributed by atoms with E-state index in [0.29, 0.717) is 13.0 Å². The quantitative estimate of drug-likeness (QED) is 0.722. The number of anilines is 1. The third kappa shape index (κ3) is 1.62. The van der Waals surface area contributed by atoms with Gasteiger partial charge in [-0.15, -0.1) is 0 Å². The second-order valence-electron chi connectivity index (χ2n) is 3.86. The Balaban J connectivity index is 2.37. The van der Waals surface area contributed by atoms with Crippen LogP contribution in [0.3, 0.4) is 0 Å². The summed E-state index contributed by atoms with van der Waals surface area (Å²) in [5.74, 6) is 0.128. The molecule has 4 N–H and O–H groups in total. The summed E-state index contributed by atoms with van der Waals surface area (Å²) in [6.45, 7) is 0.419. The van der Waals surface area contributed by atoms with Crippen LogP contribution in [0.4, 0.5) is 5.69 Å². The Labute approximate surface area is 88.9 Å². The molecule has 0 radical (unpaired) electrons. The van der Waals surface area contributed by atoms with E-state index in [1.54, 1.807) is 11.9 Å². The Kier molecular flexibility index (Phi) is 2.46. The number of hydrogen-bond acceptors (Lipinski definition) is 3. The number of rotatable bonds is 2. The number of fused-ring (bicyclic) bond motifs is 1. The molecule has 0 aliphatic carbocycles. The lowest BCUT2D eigenvalue weighted by atomic mass is 10.0. The largest absolute Gasteiger partial charge is 0.329 e. The number of nitrogens with zero attached hydrogens (tertiary/aromatic N) is 1. The molecule has 0 spiro atoms. The molecule has 0 saturated heterocycles. The molecule has 4 heteroatoms. The number of nitrogens with two attached hydrogens (primary N) is 2. The van der Waals surface area contributed by atoms with Gasteiger partial charge in [0.05, 0.1) is 6.42 Å². The maximum Gasteiger partial charge on any atom is 0.231 e. The van der Waals surface area contributed by atoms with Gasteiger partial charge in [-0.05, 0) is 17.2 Å². The van der Waals surface area contributed by atoms with Crippen LogP contribution in [0.25, 0.3) is 0 Å². The van der Waals surface area contributed by atoms with Gasteiger partial charge in [0.15, 0.2) is 0 Å². The van der Waals surface area contributed by atoms with Gasteiger partial charge < -0.3 is 16.4 Å². The van der Waals surface area contributed by atoms with Gasteiger partial charge in [0.25, 0.3) is 0 Å². The van der Waals surface area contributed by atoms with Crippen molar-refractivity contribution in [1.29, 1.82) is 0 Å². The first-order valence-electron chi connectivity index (χ1n) is 4.98. The molecule has 1 amide bonds. The maximum atomic E-state index is 11.5. The van der Waals surface area contributed by atoms with Crippen LogP contribution in [0.1, 0.15) is 17.2 Å². The van der Waals surface area contributed by atoms with E-state index in [4.69, 9.17) is 11.5 Å². The summed E-state index contributed by atoms with van der Waals surface area (Å²) >= 11 is 0. The van der Waals surface area contributed by atoms with Gasteiger partial charge >= 0.3 is 0 Å². The highest BCUT2D eigenvalue weighted by Gasteiger charge is 2.24. The summed E-state index contributed by atoms with van der Waals surface area (Å²) < 4.78 is 0. The highest BCUT2D eigenvalue weighted by atomic mass is 16.2. The van der Waals surface area contributed by atoms with Crippen LogP contribution in [0.2, 0.25) is 0 Å². The van der Waals surface area contributed by atoms with Crippen LogP contribution in [0.15, 0.2) is 18.2 Å². The Morgan fingerprint density at radius 3 is 2.93 bits per heavy atom. The van der Waals surface area contributed by atoms with Gasteiger partial charge in [-0.25, -0.2) is 0 Å². The van der Waals surface area contributed by atoms with Crippen molar-refractivity contribution in [1.82, 2.24) is 0 Å². The average Bonchev–Trinajstić information content (AvgIpc) is 2.53. The Hall–Kier alpha value is -1.39. The zero-order chi connectivity index (χ0) is 11.0. The summed E-state index contributed by atoms with van der Waals surface area (Å²) in [5.41, 5.74) is 14.4. The van der Waals surface area contributed by atoms with Crippen LogP contribution in [-0.4, -0.2) is 19.5 Å². The number of carbonyl (C=O) groups excluding carboxylic acids is 1. The zero-order valence-electron chi connectivity index (χ0n) is 8.73. The van der Waals surface area contributed by atoms with Gasteiger partial charge in [-0.2, -0.15) is 0 Å². The molecule has 4 nitrogen and oxygen atoms in total. The molecular weight excluding hydrogens is 190 g/mol. The topological polar surface area (TPSA) is 72.3 Å². The predicted octanol–water partition coefficient (Wildman–Crippen LogP) is 0.164. The van der Waals surface area contributed by atoms with Crippen molar-refractivity contribution in [3.8, 4) is 0 Å². The van der Waals surface area contributed by atoms with E-state index >= 15 is 0 Å². The van der Waals surface area contributed by atoms with Crippen molar-refractivity contribution in [3.05, 3.63) is 29.3 Å². The van der Waals surface area contributed by atoms with E-state index in [0.717, 1.165) is 16.8 Å². The van der Waals surface area contributed by atoms with Crippen LogP contribution < -0.4 is 16.4 Å². The van der Waals surface area contributed by atoms with Gasteiger partial charge in [0.2, 0.25) is 5.91 Å². The molecule has 80 valence electrons. The van der Waals surface area contributed by atoms with E-state index in [1.807, 2.05) is 18.2 Å². The summed E-state index contributed by atoms with van der Waals surface area (Å²) in [6.07, 6.45) is 0.469. The molecule has 0 bridgehead atoms. The highest BCUT2D eigenvalue weighted by Crippen LogP contribution is 2.29. The van der Waals surface area contributed by atoms with E-state index in [2.05, 4.69) is 0 Å². The number of likely N-dealkylation sites (N-methyl/N-ethyl adjacent to an activating group) is 1. The van der Waals surface area contributed by atoms with Gasteiger partial charge in [0.1, 0.15) is 0 Å². The van der Waals surface area contributed by atoms with Crippen LogP contribution in [-0.2, 0) is 11.2 Å². The van der Waals surface area contributed by atoms with E-state index in [9.17, 15) is 4.79 Å². The second kappa shape index (κ2) is 3.64. The van der Waals surface area contributed by atoms with Crippen molar-refractivity contribution in [2.24, 2.45) is 11.5 Å². The number of hydrogen-bond donors (Lipinski definition) is 2. The second-order valence-corrected chi connectivity index (χ2v) is 3.86. The first-order chi connectivity index (χ1) is 7.13. The normalized spacial score (nSPS) is 16.7. The first kappa shape index (κ1) is 10.1. The van der Waals surface area contributed by atoms with Gasteiger partial charge in [-0.3, -0.25) is 4.79 Å². The molecule has 0 fully saturated rings. The molecule has 1 aliphatic rings. The first-order valence-corrected chi connectivity index (χ1v) is 4.98. The van der Waals surface area contributed by atoms with E-state index in [1.165, 1.54) is 0 Å². The molecule has 0 saturated carbocycles. The summed E-state index contributed by atoms with van der Waals surface area (Å²) in [7, 11) is 1.79. The smallest absolute Gasteiger partial charge is 0.231 e. The minimum Gasteiger partial charge on any atom is -0.329 e. The fourth-order valence-corrected chi connectivity index (χ4v) is 1.86. The lowest BCUT2D eigenvalue weighted by Crippen LogP contribution is -2.21. The molecule has 1 aliphatic heterocycles. The fraction of sp³-hybridized carbons (Fsp3) is 0.364. The Bertz CT molecular complexity index is 403. The lowest BCUT2D eigenvalue weighted by Gasteiger charge is -2.13. The van der Waals surface area contributed by atoms with Crippen molar-refractivity contribution in [2.75, 3.05) is 18.5 Å². The average molecular weight is 205 g/mol. The van der Waals surface area contributed by atoms with Crippen molar-refractivity contribution in [3.63, 3.8) is 0 Å². The van der Waals surface area contributed by atoms with Crippen molar-refractivity contribution in [2.45, 2.75) is 12.5 Å². The lowest BCUT2D eigenvalue weighted by molar-refractivity contribution is -0.117. The standard InChI is InChI=1S/C11H15N3O/c1-14-10-3-2-7(9(13)6-12)4-8(10)5-11(14)15/h2-4,9H,5-6,12-13H2,1H3. The van der Waals surface area contributed by atoms with Crippen LogP contribution in [0.5, 0.6) is 0 Å². The molecular formula is C11H15N3O. The Morgan fingerprint density at radius 2 is 2.27 bits per heavy atom. The maximum absolute atomic E-state index is 11.5. The third-order valence-electron chi connectivity index (χ3n) is 2.86. The molecule has 1 atom stereocenters. The SMILES string of the molecule is CN1C(=O)Cc2cc(C(N)CN)ccc21. The van der Waals surface area contributed by atoms with E-state index in [-0.39, 0.29) is 11.9 Å². The van der Waals surface area contributed by atoms with Crippen molar-refractivity contribution < 1.29 is 4.79 Å². The molecule has 1 aromatic carbocycles. The molecule has 15 heavy (non-hydrogen) atoms. The minimum atomic E-state index is -0.142. The Morgan fingerprint density at radius 1 is 1.53 bits per heavy atom. The molecule has 1 aromatic rings. The predicted molar refractivity (Wildman–Crippen MR) is 59.5 cm³/mol. The highest BCUT2D eigenvalue weighted by molar-refractivity contribution is 6.00. The number of amides is 1. The molecule has 2 rings (SSSR count). The van der Waals surface area contributed by atoms with Crippen molar-refractivity contribution >= 4 is 11.6 Å². The van der Waals surface area contributed by atoms with E-state index < -0.39 is 0 Å². The third-order valence-corrected chi connectivity index (χ3v) is 2.86. The van der Waals surface area contributed by atoms with Crippen LogP contribution in [0, 0.1) is 0 Å². The summed E-state index contributed by atoms with van der Waals surface area (Å²) in [4.78, 5) is 13.1. The number of carbonyl (C=O) groups is 1. The van der Waals surface area contributed by atoms with Gasteiger partial charge in [0, 0.05) is 25.3 Å². The zero-order valence-corrected chi connectivity index (χ0v) is 8.73. The minimum absolute atomic E-state index is 0.128. The fourth-order valence-electron chi connectivity index (χ4n) is 1.86. The van der Waals surface area contributed by atoms with Gasteiger partial charge in [-0.1, -0.05) is 12.1 Å². The molecule has 1 heterocycles. The monoisotopic (exact) mass is 205 g/mol. The number of benzene rings is 1. The summed E-state index contributed by atoms with van der Waals surface area (Å²) in [5, 5.41) is 0.